The highest BCUT2D eigenvalue weighted by Crippen LogP contribution is 2.31. The van der Waals surface area contributed by atoms with Gasteiger partial charge in [0.1, 0.15) is 0 Å². The van der Waals surface area contributed by atoms with E-state index in [1.165, 1.54) is 0 Å². The molecule has 0 N–H and O–H groups in total. The summed E-state index contributed by atoms with van der Waals surface area (Å²) >= 11 is 11.9. The molecule has 1 amide bonds. The van der Waals surface area contributed by atoms with E-state index in [4.69, 9.17) is 32.7 Å². The summed E-state index contributed by atoms with van der Waals surface area (Å²) in [5.74, 6) is 1.16. The van der Waals surface area contributed by atoms with E-state index >= 15 is 0 Å². The predicted octanol–water partition coefficient (Wildman–Crippen LogP) is 4.59. The van der Waals surface area contributed by atoms with Crippen LogP contribution in [0.25, 0.3) is 0 Å². The first-order chi connectivity index (χ1) is 11.4. The highest BCUT2D eigenvalue weighted by molar-refractivity contribution is 6.42. The number of halogens is 2. The van der Waals surface area contributed by atoms with Crippen molar-refractivity contribution >= 4 is 29.1 Å². The van der Waals surface area contributed by atoms with Crippen molar-refractivity contribution in [3.8, 4) is 11.5 Å². The lowest BCUT2D eigenvalue weighted by molar-refractivity contribution is 0.0785. The van der Waals surface area contributed by atoms with Gasteiger partial charge in [-0.15, -0.1) is 0 Å². The molecular formula is C18H19Cl2NO3. The summed E-state index contributed by atoms with van der Waals surface area (Å²) in [5.41, 5.74) is 2.48. The number of ether oxygens (including phenoxy) is 2. The average Bonchev–Trinajstić information content (AvgIpc) is 2.57. The van der Waals surface area contributed by atoms with Crippen LogP contribution < -0.4 is 9.47 Å². The molecular weight excluding hydrogens is 349 g/mol. The van der Waals surface area contributed by atoms with E-state index in [-0.39, 0.29) is 5.91 Å². The molecule has 0 heterocycles. The molecule has 0 atom stereocenters. The number of hydrogen-bond donors (Lipinski definition) is 0. The van der Waals surface area contributed by atoms with Crippen LogP contribution in [-0.2, 0) is 6.54 Å². The summed E-state index contributed by atoms with van der Waals surface area (Å²) < 4.78 is 10.6. The molecule has 0 radical (unpaired) electrons. The van der Waals surface area contributed by atoms with Crippen LogP contribution in [-0.4, -0.2) is 32.1 Å². The molecule has 0 aromatic heterocycles. The molecule has 0 aliphatic rings. The Morgan fingerprint density at radius 1 is 1.04 bits per heavy atom. The van der Waals surface area contributed by atoms with E-state index in [9.17, 15) is 4.79 Å². The number of rotatable bonds is 5. The molecule has 0 saturated heterocycles. The number of carbonyl (C=O) groups excluding carboxylic acids is 1. The van der Waals surface area contributed by atoms with Crippen LogP contribution in [0.5, 0.6) is 11.5 Å². The minimum atomic E-state index is -0.136. The van der Waals surface area contributed by atoms with E-state index in [0.717, 1.165) is 11.1 Å². The Hall–Kier alpha value is -1.91. The minimum Gasteiger partial charge on any atom is -0.493 e. The zero-order chi connectivity index (χ0) is 17.9. The standard InChI is InChI=1S/C18H19Cl2NO3/c1-11-7-16(23-3)17(24-4)9-13(11)10-21(2)18(22)12-5-6-14(19)15(20)8-12/h5-9H,10H2,1-4H3. The van der Waals surface area contributed by atoms with Crippen molar-refractivity contribution in [2.45, 2.75) is 13.5 Å². The second-order valence-electron chi connectivity index (χ2n) is 5.42. The predicted molar refractivity (Wildman–Crippen MR) is 96.5 cm³/mol. The van der Waals surface area contributed by atoms with Crippen LogP contribution >= 0.6 is 23.2 Å². The fraction of sp³-hybridized carbons (Fsp3) is 0.278. The van der Waals surface area contributed by atoms with Crippen molar-refractivity contribution in [2.75, 3.05) is 21.3 Å². The van der Waals surface area contributed by atoms with Crippen LogP contribution in [0, 0.1) is 6.92 Å². The van der Waals surface area contributed by atoms with E-state index < -0.39 is 0 Å². The van der Waals surface area contributed by atoms with E-state index in [1.54, 1.807) is 44.4 Å². The Kier molecular flexibility index (Phi) is 5.97. The number of amides is 1. The van der Waals surface area contributed by atoms with Crippen molar-refractivity contribution in [3.63, 3.8) is 0 Å². The lowest BCUT2D eigenvalue weighted by Crippen LogP contribution is -2.26. The van der Waals surface area contributed by atoms with Crippen molar-refractivity contribution < 1.29 is 14.3 Å². The quantitative estimate of drug-likeness (QED) is 0.775. The average molecular weight is 368 g/mol. The molecule has 2 rings (SSSR count). The Morgan fingerprint density at radius 2 is 1.67 bits per heavy atom. The highest BCUT2D eigenvalue weighted by atomic mass is 35.5. The molecule has 6 heteroatoms. The third-order valence-electron chi connectivity index (χ3n) is 3.76. The van der Waals surface area contributed by atoms with Gasteiger partial charge in [-0.3, -0.25) is 4.79 Å². The summed E-state index contributed by atoms with van der Waals surface area (Å²) in [6.07, 6.45) is 0. The summed E-state index contributed by atoms with van der Waals surface area (Å²) in [6, 6.07) is 8.63. The third kappa shape index (κ3) is 3.94. The molecule has 0 aliphatic carbocycles. The second kappa shape index (κ2) is 7.77. The Bertz CT molecular complexity index is 762. The van der Waals surface area contributed by atoms with E-state index in [1.807, 2.05) is 19.1 Å². The van der Waals surface area contributed by atoms with Crippen molar-refractivity contribution in [1.82, 2.24) is 4.90 Å². The number of benzene rings is 2. The topological polar surface area (TPSA) is 38.8 Å². The van der Waals surface area contributed by atoms with Gasteiger partial charge in [0.25, 0.3) is 5.91 Å². The third-order valence-corrected chi connectivity index (χ3v) is 4.50. The zero-order valence-corrected chi connectivity index (χ0v) is 15.5. The number of carbonyl (C=O) groups is 1. The molecule has 0 saturated carbocycles. The summed E-state index contributed by atoms with van der Waals surface area (Å²) in [5, 5.41) is 0.782. The molecule has 0 aliphatic heterocycles. The molecule has 2 aromatic carbocycles. The minimum absolute atomic E-state index is 0.136. The second-order valence-corrected chi connectivity index (χ2v) is 6.24. The van der Waals surface area contributed by atoms with Gasteiger partial charge < -0.3 is 14.4 Å². The zero-order valence-electron chi connectivity index (χ0n) is 14.0. The van der Waals surface area contributed by atoms with Gasteiger partial charge in [-0.05, 0) is 48.4 Å². The first-order valence-electron chi connectivity index (χ1n) is 7.29. The van der Waals surface area contributed by atoms with E-state index in [0.29, 0.717) is 33.7 Å². The first-order valence-corrected chi connectivity index (χ1v) is 8.05. The molecule has 24 heavy (non-hydrogen) atoms. The maximum Gasteiger partial charge on any atom is 0.253 e. The van der Waals surface area contributed by atoms with Gasteiger partial charge in [0.2, 0.25) is 0 Å². The lowest BCUT2D eigenvalue weighted by Gasteiger charge is -2.20. The molecule has 4 nitrogen and oxygen atoms in total. The van der Waals surface area contributed by atoms with Crippen molar-refractivity contribution in [1.29, 1.82) is 0 Å². The monoisotopic (exact) mass is 367 g/mol. The van der Waals surface area contributed by atoms with Gasteiger partial charge in [0.15, 0.2) is 11.5 Å². The number of nitrogens with zero attached hydrogens (tertiary/aromatic N) is 1. The van der Waals surface area contributed by atoms with Crippen LogP contribution in [0.1, 0.15) is 21.5 Å². The normalized spacial score (nSPS) is 10.4. The van der Waals surface area contributed by atoms with E-state index in [2.05, 4.69) is 0 Å². The fourth-order valence-corrected chi connectivity index (χ4v) is 2.67. The number of methoxy groups -OCH3 is 2. The van der Waals surface area contributed by atoms with Crippen molar-refractivity contribution in [3.05, 3.63) is 57.1 Å². The van der Waals surface area contributed by atoms with Gasteiger partial charge in [0.05, 0.1) is 24.3 Å². The number of aryl methyl sites for hydroxylation is 1. The summed E-state index contributed by atoms with van der Waals surface area (Å²) in [7, 11) is 4.92. The summed E-state index contributed by atoms with van der Waals surface area (Å²) in [4.78, 5) is 14.2. The molecule has 0 unspecified atom stereocenters. The van der Waals surface area contributed by atoms with Gasteiger partial charge in [-0.1, -0.05) is 23.2 Å². The Morgan fingerprint density at radius 3 is 2.25 bits per heavy atom. The Balaban J connectivity index is 2.23. The largest absolute Gasteiger partial charge is 0.493 e. The van der Waals surface area contributed by atoms with Crippen LogP contribution in [0.2, 0.25) is 10.0 Å². The van der Waals surface area contributed by atoms with Crippen molar-refractivity contribution in [2.24, 2.45) is 0 Å². The molecule has 0 bridgehead atoms. The van der Waals surface area contributed by atoms with Crippen LogP contribution in [0.15, 0.2) is 30.3 Å². The highest BCUT2D eigenvalue weighted by Gasteiger charge is 2.16. The van der Waals surface area contributed by atoms with Gasteiger partial charge in [-0.25, -0.2) is 0 Å². The van der Waals surface area contributed by atoms with Crippen LogP contribution in [0.3, 0.4) is 0 Å². The molecule has 2 aromatic rings. The molecule has 0 spiro atoms. The van der Waals surface area contributed by atoms with Crippen LogP contribution in [0.4, 0.5) is 0 Å². The first kappa shape index (κ1) is 18.4. The van der Waals surface area contributed by atoms with Gasteiger partial charge in [-0.2, -0.15) is 0 Å². The molecule has 128 valence electrons. The smallest absolute Gasteiger partial charge is 0.253 e. The van der Waals surface area contributed by atoms with Gasteiger partial charge in [0, 0.05) is 19.2 Å². The summed E-state index contributed by atoms with van der Waals surface area (Å²) in [6.45, 7) is 2.40. The lowest BCUT2D eigenvalue weighted by atomic mass is 10.1. The maximum atomic E-state index is 12.6. The SMILES string of the molecule is COc1cc(C)c(CN(C)C(=O)c2ccc(Cl)c(Cl)c2)cc1OC. The van der Waals surface area contributed by atoms with Gasteiger partial charge >= 0.3 is 0 Å². The fourth-order valence-electron chi connectivity index (χ4n) is 2.37. The Labute approximate surface area is 151 Å². The molecule has 0 fully saturated rings. The number of hydrogen-bond acceptors (Lipinski definition) is 3. The maximum absolute atomic E-state index is 12.6.